The molecule has 0 radical (unpaired) electrons. The predicted molar refractivity (Wildman–Crippen MR) is 76.9 cm³/mol. The monoisotopic (exact) mass is 287 g/mol. The molecular weight excluding hydrogens is 277 g/mol. The third kappa shape index (κ3) is 2.06. The minimum atomic E-state index is -0.443. The minimum Gasteiger partial charge on any atom is -0.302 e. The normalized spacial score (nSPS) is 10.9. The number of benzene rings is 2. The summed E-state index contributed by atoms with van der Waals surface area (Å²) in [6.45, 7) is 0. The van der Waals surface area contributed by atoms with E-state index >= 15 is 0 Å². The van der Waals surface area contributed by atoms with Crippen LogP contribution in [0.3, 0.4) is 0 Å². The van der Waals surface area contributed by atoms with E-state index in [0.29, 0.717) is 11.1 Å². The van der Waals surface area contributed by atoms with Gasteiger partial charge in [-0.2, -0.15) is 0 Å². The molecule has 0 N–H and O–H groups in total. The molecular formula is C15H10FNO2S. The van der Waals surface area contributed by atoms with Crippen molar-refractivity contribution in [3.63, 3.8) is 0 Å². The number of ketones is 1. The lowest BCUT2D eigenvalue weighted by molar-refractivity contribution is 0.103. The van der Waals surface area contributed by atoms with Gasteiger partial charge in [0.2, 0.25) is 0 Å². The summed E-state index contributed by atoms with van der Waals surface area (Å²) in [4.78, 5) is 23.8. The number of halogens is 1. The van der Waals surface area contributed by atoms with Gasteiger partial charge in [-0.05, 0) is 30.3 Å². The van der Waals surface area contributed by atoms with E-state index in [4.69, 9.17) is 0 Å². The van der Waals surface area contributed by atoms with Crippen molar-refractivity contribution in [1.82, 2.24) is 4.57 Å². The lowest BCUT2D eigenvalue weighted by atomic mass is 10.0. The quantitative estimate of drug-likeness (QED) is 0.680. The SMILES string of the molecule is Cn1c(=O)sc2cc(C(=O)c3cccc(F)c3)ccc21. The van der Waals surface area contributed by atoms with Crippen LogP contribution in [0.4, 0.5) is 4.39 Å². The van der Waals surface area contributed by atoms with E-state index in [-0.39, 0.29) is 10.7 Å². The van der Waals surface area contributed by atoms with Gasteiger partial charge in [0.15, 0.2) is 5.78 Å². The molecule has 0 spiro atoms. The zero-order valence-electron chi connectivity index (χ0n) is 10.6. The zero-order chi connectivity index (χ0) is 14.3. The third-order valence-corrected chi connectivity index (χ3v) is 4.14. The standard InChI is InChI=1S/C15H10FNO2S/c1-17-12-6-5-10(8-13(12)20-15(17)19)14(18)9-3-2-4-11(16)7-9/h2-8H,1H3. The highest BCUT2D eigenvalue weighted by atomic mass is 32.1. The third-order valence-electron chi connectivity index (χ3n) is 3.14. The number of fused-ring (bicyclic) bond motifs is 1. The van der Waals surface area contributed by atoms with Crippen LogP contribution in [0.25, 0.3) is 10.2 Å². The Balaban J connectivity index is 2.10. The van der Waals surface area contributed by atoms with Crippen molar-refractivity contribution in [2.45, 2.75) is 0 Å². The summed E-state index contributed by atoms with van der Waals surface area (Å²) in [6.07, 6.45) is 0. The highest BCUT2D eigenvalue weighted by Gasteiger charge is 2.12. The summed E-state index contributed by atoms with van der Waals surface area (Å²) in [5.74, 6) is -0.698. The Bertz CT molecular complexity index is 879. The molecule has 1 aromatic heterocycles. The topological polar surface area (TPSA) is 39.1 Å². The fourth-order valence-electron chi connectivity index (χ4n) is 2.07. The van der Waals surface area contributed by atoms with Crippen LogP contribution in [0.2, 0.25) is 0 Å². The van der Waals surface area contributed by atoms with Crippen LogP contribution in [-0.2, 0) is 7.05 Å². The number of nitrogens with zero attached hydrogens (tertiary/aromatic N) is 1. The molecule has 5 heteroatoms. The summed E-state index contributed by atoms with van der Waals surface area (Å²) in [5, 5.41) is 0. The Morgan fingerprint density at radius 3 is 2.65 bits per heavy atom. The fraction of sp³-hybridized carbons (Fsp3) is 0.0667. The van der Waals surface area contributed by atoms with E-state index in [9.17, 15) is 14.0 Å². The second-order valence-electron chi connectivity index (χ2n) is 4.45. The molecule has 0 saturated heterocycles. The summed E-state index contributed by atoms with van der Waals surface area (Å²) in [6, 6.07) is 10.6. The van der Waals surface area contributed by atoms with Crippen LogP contribution in [-0.4, -0.2) is 10.4 Å². The number of hydrogen-bond acceptors (Lipinski definition) is 3. The summed E-state index contributed by atoms with van der Waals surface area (Å²) in [7, 11) is 1.69. The van der Waals surface area contributed by atoms with E-state index in [0.717, 1.165) is 21.6 Å². The van der Waals surface area contributed by atoms with Crippen LogP contribution in [0.1, 0.15) is 15.9 Å². The molecule has 0 unspecified atom stereocenters. The van der Waals surface area contributed by atoms with Gasteiger partial charge >= 0.3 is 4.87 Å². The molecule has 2 aromatic carbocycles. The first-order valence-corrected chi connectivity index (χ1v) is 6.78. The largest absolute Gasteiger partial charge is 0.307 e. The fourth-order valence-corrected chi connectivity index (χ4v) is 2.99. The van der Waals surface area contributed by atoms with Crippen LogP contribution in [0.15, 0.2) is 47.3 Å². The van der Waals surface area contributed by atoms with Gasteiger partial charge in [-0.1, -0.05) is 23.5 Å². The first-order valence-electron chi connectivity index (χ1n) is 5.96. The van der Waals surface area contributed by atoms with Crippen molar-refractivity contribution < 1.29 is 9.18 Å². The van der Waals surface area contributed by atoms with Gasteiger partial charge < -0.3 is 4.57 Å². The van der Waals surface area contributed by atoms with Gasteiger partial charge in [0.1, 0.15) is 5.82 Å². The number of hydrogen-bond donors (Lipinski definition) is 0. The van der Waals surface area contributed by atoms with Gasteiger partial charge in [0.25, 0.3) is 0 Å². The molecule has 3 rings (SSSR count). The van der Waals surface area contributed by atoms with Crippen LogP contribution < -0.4 is 4.87 Å². The molecule has 3 aromatic rings. The summed E-state index contributed by atoms with van der Waals surface area (Å²) in [5.41, 5.74) is 1.54. The number of aryl methyl sites for hydroxylation is 1. The Morgan fingerprint density at radius 2 is 1.90 bits per heavy atom. The summed E-state index contributed by atoms with van der Waals surface area (Å²) >= 11 is 1.09. The first-order chi connectivity index (χ1) is 9.56. The molecule has 100 valence electrons. The zero-order valence-corrected chi connectivity index (χ0v) is 11.4. The maximum absolute atomic E-state index is 13.2. The van der Waals surface area contributed by atoms with Gasteiger partial charge in [0.05, 0.1) is 10.2 Å². The number of thiazole rings is 1. The van der Waals surface area contributed by atoms with E-state index in [2.05, 4.69) is 0 Å². The van der Waals surface area contributed by atoms with Crippen molar-refractivity contribution in [3.8, 4) is 0 Å². The van der Waals surface area contributed by atoms with Crippen molar-refractivity contribution in [2.75, 3.05) is 0 Å². The minimum absolute atomic E-state index is 0.0737. The second kappa shape index (κ2) is 4.68. The molecule has 1 heterocycles. The molecule has 0 aliphatic heterocycles. The van der Waals surface area contributed by atoms with Crippen LogP contribution in [0.5, 0.6) is 0 Å². The molecule has 0 bridgehead atoms. The molecule has 0 saturated carbocycles. The highest BCUT2D eigenvalue weighted by Crippen LogP contribution is 2.20. The molecule has 0 fully saturated rings. The van der Waals surface area contributed by atoms with E-state index in [1.807, 2.05) is 0 Å². The highest BCUT2D eigenvalue weighted by molar-refractivity contribution is 7.16. The second-order valence-corrected chi connectivity index (χ2v) is 5.44. The van der Waals surface area contributed by atoms with Gasteiger partial charge in [-0.15, -0.1) is 0 Å². The van der Waals surface area contributed by atoms with Crippen molar-refractivity contribution in [2.24, 2.45) is 7.05 Å². The lowest BCUT2D eigenvalue weighted by Crippen LogP contribution is -2.06. The average molecular weight is 287 g/mol. The van der Waals surface area contributed by atoms with Crippen LogP contribution >= 0.6 is 11.3 Å². The Morgan fingerprint density at radius 1 is 1.15 bits per heavy atom. The Hall–Kier alpha value is -2.27. The first kappa shape index (κ1) is 12.7. The number of aromatic nitrogens is 1. The van der Waals surface area contributed by atoms with E-state index in [1.54, 1.807) is 31.3 Å². The van der Waals surface area contributed by atoms with Crippen molar-refractivity contribution >= 4 is 27.3 Å². The molecule has 3 nitrogen and oxygen atoms in total. The molecule has 20 heavy (non-hydrogen) atoms. The van der Waals surface area contributed by atoms with Gasteiger partial charge in [0, 0.05) is 18.2 Å². The van der Waals surface area contributed by atoms with Crippen LogP contribution in [0, 0.1) is 5.82 Å². The number of carbonyl (C=O) groups excluding carboxylic acids is 1. The predicted octanol–water partition coefficient (Wildman–Crippen LogP) is 2.97. The Labute approximate surface area is 117 Å². The number of carbonyl (C=O) groups is 1. The number of rotatable bonds is 2. The van der Waals surface area contributed by atoms with E-state index in [1.165, 1.54) is 22.8 Å². The van der Waals surface area contributed by atoms with Gasteiger partial charge in [-0.3, -0.25) is 9.59 Å². The van der Waals surface area contributed by atoms with E-state index < -0.39 is 5.82 Å². The maximum Gasteiger partial charge on any atom is 0.307 e. The Kier molecular flexibility index (Phi) is 2.99. The van der Waals surface area contributed by atoms with Crippen molar-refractivity contribution in [1.29, 1.82) is 0 Å². The average Bonchev–Trinajstić information content (AvgIpc) is 2.73. The molecule has 0 amide bonds. The van der Waals surface area contributed by atoms with Gasteiger partial charge in [-0.25, -0.2) is 4.39 Å². The smallest absolute Gasteiger partial charge is 0.302 e. The molecule has 0 atom stereocenters. The summed E-state index contributed by atoms with van der Waals surface area (Å²) < 4.78 is 15.4. The lowest BCUT2D eigenvalue weighted by Gasteiger charge is -2.02. The maximum atomic E-state index is 13.2. The molecule has 0 aliphatic rings. The van der Waals surface area contributed by atoms with Crippen molar-refractivity contribution in [3.05, 3.63) is 69.1 Å². The molecule has 0 aliphatic carbocycles.